The third-order valence-electron chi connectivity index (χ3n) is 9.50. The number of nitrogens with one attached hydrogen (secondary N) is 1. The zero-order valence-corrected chi connectivity index (χ0v) is 29.4. The topological polar surface area (TPSA) is 136 Å². The van der Waals surface area contributed by atoms with Crippen LogP contribution in [0.2, 0.25) is 0 Å². The van der Waals surface area contributed by atoms with Crippen molar-refractivity contribution in [1.29, 1.82) is 0 Å². The third kappa shape index (κ3) is 8.05. The number of ether oxygens (including phenoxy) is 1. The van der Waals surface area contributed by atoms with E-state index >= 15 is 0 Å². The van der Waals surface area contributed by atoms with Crippen molar-refractivity contribution < 1.29 is 23.1 Å². The molecule has 0 saturated heterocycles. The van der Waals surface area contributed by atoms with Crippen LogP contribution in [0.3, 0.4) is 0 Å². The number of carbonyl (C=O) groups excluding carboxylic acids is 1. The van der Waals surface area contributed by atoms with Crippen molar-refractivity contribution in [3.8, 4) is 28.5 Å². The van der Waals surface area contributed by atoms with Crippen molar-refractivity contribution in [2.24, 2.45) is 18.9 Å². The summed E-state index contributed by atoms with van der Waals surface area (Å²) >= 11 is 0. The fourth-order valence-corrected chi connectivity index (χ4v) is 7.83. The fourth-order valence-electron chi connectivity index (χ4n) is 6.67. The molecular weight excluding hydrogens is 651 g/mol. The molecule has 1 fully saturated rings. The number of hydrogen-bond donors (Lipinski definition) is 2. The van der Waals surface area contributed by atoms with Crippen molar-refractivity contribution in [1.82, 2.24) is 25.1 Å². The Kier molecular flexibility index (Phi) is 10.6. The minimum atomic E-state index is -3.63. The van der Waals surface area contributed by atoms with E-state index in [9.17, 15) is 18.3 Å². The Hall–Kier alpha value is -5.03. The smallest absolute Gasteiger partial charge is 0.265 e. The second-order valence-electron chi connectivity index (χ2n) is 13.3. The zero-order valence-electron chi connectivity index (χ0n) is 28.6. The van der Waals surface area contributed by atoms with Gasteiger partial charge in [-0.2, -0.15) is 10.1 Å². The molecule has 2 N–H and O–H groups in total. The second-order valence-corrected chi connectivity index (χ2v) is 15.8. The molecule has 3 aromatic carbocycles. The van der Waals surface area contributed by atoms with Crippen molar-refractivity contribution >= 4 is 15.7 Å². The van der Waals surface area contributed by atoms with Gasteiger partial charge in [-0.15, -0.1) is 0 Å². The first-order valence-corrected chi connectivity index (χ1v) is 18.6. The predicted molar refractivity (Wildman–Crippen MR) is 191 cm³/mol. The summed E-state index contributed by atoms with van der Waals surface area (Å²) in [5.41, 5.74) is 4.13. The van der Waals surface area contributed by atoms with Crippen molar-refractivity contribution in [3.63, 3.8) is 0 Å². The van der Waals surface area contributed by atoms with E-state index in [4.69, 9.17) is 4.74 Å². The van der Waals surface area contributed by atoms with E-state index in [1.165, 1.54) is 12.3 Å². The molecule has 1 aliphatic carbocycles. The Balaban J connectivity index is 1.15. The summed E-state index contributed by atoms with van der Waals surface area (Å²) in [7, 11) is -1.73. The van der Waals surface area contributed by atoms with E-state index in [1.54, 1.807) is 36.7 Å². The lowest BCUT2D eigenvalue weighted by atomic mass is 9.72. The predicted octanol–water partition coefficient (Wildman–Crippen LogP) is 7.01. The molecule has 10 nitrogen and oxygen atoms in total. The number of carbonyl (C=O) groups is 1. The molecule has 1 atom stereocenters. The molecule has 0 radical (unpaired) electrons. The van der Waals surface area contributed by atoms with Gasteiger partial charge in [0.25, 0.3) is 5.88 Å². The van der Waals surface area contributed by atoms with Gasteiger partial charge in [-0.1, -0.05) is 66.7 Å². The maximum Gasteiger partial charge on any atom is 0.265 e. The lowest BCUT2D eigenvalue weighted by Gasteiger charge is -2.33. The number of hydrogen-bond acceptors (Lipinski definition) is 8. The molecule has 6 rings (SSSR count). The SMILES string of the molecule is CC(C)S(=O)(=O)c1ccccc1Oc1nc(CC2CCC(C(C(=O)NCc3ccccc3)c3ccc(-c4cnn(C)c4)cc3)CC2)ncc1O. The van der Waals surface area contributed by atoms with Crippen LogP contribution in [0.1, 0.15) is 62.4 Å². The number of aryl methyl sites for hydroxylation is 1. The van der Waals surface area contributed by atoms with Gasteiger partial charge in [0, 0.05) is 31.8 Å². The van der Waals surface area contributed by atoms with E-state index in [1.807, 2.05) is 49.8 Å². The average Bonchev–Trinajstić information content (AvgIpc) is 3.56. The number of sulfone groups is 1. The van der Waals surface area contributed by atoms with Gasteiger partial charge in [-0.05, 0) is 80.2 Å². The molecule has 1 unspecified atom stereocenters. The van der Waals surface area contributed by atoms with Gasteiger partial charge in [0.2, 0.25) is 5.91 Å². The normalized spacial score (nSPS) is 17.0. The highest BCUT2D eigenvalue weighted by molar-refractivity contribution is 7.92. The molecule has 1 saturated carbocycles. The highest BCUT2D eigenvalue weighted by Gasteiger charge is 2.34. The number of para-hydroxylation sites is 1. The van der Waals surface area contributed by atoms with Crippen LogP contribution >= 0.6 is 0 Å². The number of nitrogens with zero attached hydrogens (tertiary/aromatic N) is 4. The first-order valence-electron chi connectivity index (χ1n) is 17.0. The van der Waals surface area contributed by atoms with Gasteiger partial charge >= 0.3 is 0 Å². The number of aromatic hydroxyl groups is 1. The summed E-state index contributed by atoms with van der Waals surface area (Å²) < 4.78 is 33.5. The van der Waals surface area contributed by atoms with Crippen LogP contribution < -0.4 is 10.1 Å². The zero-order chi connectivity index (χ0) is 35.3. The van der Waals surface area contributed by atoms with Gasteiger partial charge in [-0.25, -0.2) is 13.4 Å². The second kappa shape index (κ2) is 15.2. The van der Waals surface area contributed by atoms with Gasteiger partial charge in [0.15, 0.2) is 15.6 Å². The Morgan fingerprint density at radius 2 is 1.64 bits per heavy atom. The fraction of sp³-hybridized carbons (Fsp3) is 0.333. The van der Waals surface area contributed by atoms with Crippen LogP contribution in [0, 0.1) is 11.8 Å². The van der Waals surface area contributed by atoms with E-state index in [2.05, 4.69) is 44.6 Å². The van der Waals surface area contributed by atoms with Crippen LogP contribution in [-0.2, 0) is 34.6 Å². The first-order chi connectivity index (χ1) is 24.1. The number of benzene rings is 3. The molecule has 11 heteroatoms. The van der Waals surface area contributed by atoms with E-state index in [-0.39, 0.29) is 45.9 Å². The highest BCUT2D eigenvalue weighted by atomic mass is 32.2. The Morgan fingerprint density at radius 3 is 2.32 bits per heavy atom. The third-order valence-corrected chi connectivity index (χ3v) is 11.7. The molecule has 0 bridgehead atoms. The van der Waals surface area contributed by atoms with Crippen LogP contribution in [0.4, 0.5) is 0 Å². The van der Waals surface area contributed by atoms with Crippen LogP contribution in [0.15, 0.2) is 102 Å². The Bertz CT molecular complexity index is 2020. The lowest BCUT2D eigenvalue weighted by Crippen LogP contribution is -2.35. The minimum absolute atomic E-state index is 0.0230. The van der Waals surface area contributed by atoms with Crippen LogP contribution in [-0.4, -0.2) is 44.4 Å². The summed E-state index contributed by atoms with van der Waals surface area (Å²) in [4.78, 5) is 22.8. The minimum Gasteiger partial charge on any atom is -0.502 e. The highest BCUT2D eigenvalue weighted by Crippen LogP contribution is 2.40. The molecule has 1 aliphatic rings. The van der Waals surface area contributed by atoms with Crippen molar-refractivity contribution in [3.05, 3.63) is 114 Å². The number of amides is 1. The van der Waals surface area contributed by atoms with E-state index in [0.717, 1.165) is 47.9 Å². The summed E-state index contributed by atoms with van der Waals surface area (Å²) in [5.74, 6) is 0.418. The monoisotopic (exact) mass is 693 g/mol. The lowest BCUT2D eigenvalue weighted by molar-refractivity contribution is -0.124. The van der Waals surface area contributed by atoms with Gasteiger partial charge in [-0.3, -0.25) is 9.48 Å². The Morgan fingerprint density at radius 1 is 0.940 bits per heavy atom. The summed E-state index contributed by atoms with van der Waals surface area (Å²) in [6, 6.07) is 24.6. The molecule has 50 heavy (non-hydrogen) atoms. The quantitative estimate of drug-likeness (QED) is 0.143. The summed E-state index contributed by atoms with van der Waals surface area (Å²) in [5, 5.41) is 17.4. The Labute approximate surface area is 293 Å². The van der Waals surface area contributed by atoms with Crippen molar-refractivity contribution in [2.75, 3.05) is 0 Å². The standard InChI is InChI=1S/C39H43N5O5S/c1-26(2)50(47,48)35-12-8-7-11-34(35)49-39-33(45)24-40-36(43-39)21-27-13-15-30(16-14-27)37(38(46)41-22-28-9-5-4-6-10-28)31-19-17-29(18-20-31)32-23-42-44(3)25-32/h4-12,17-20,23-27,30,37,45H,13-16,21-22H2,1-3H3,(H,41,46). The van der Waals surface area contributed by atoms with Gasteiger partial charge in [0.1, 0.15) is 16.5 Å². The molecule has 5 aromatic rings. The number of aromatic nitrogens is 4. The van der Waals surface area contributed by atoms with Gasteiger partial charge in [0.05, 0.1) is 23.6 Å². The number of rotatable bonds is 12. The van der Waals surface area contributed by atoms with Crippen molar-refractivity contribution in [2.45, 2.75) is 68.6 Å². The largest absolute Gasteiger partial charge is 0.502 e. The summed E-state index contributed by atoms with van der Waals surface area (Å²) in [6.45, 7) is 3.69. The molecular formula is C39H43N5O5S. The molecule has 2 aromatic heterocycles. The molecule has 0 aliphatic heterocycles. The van der Waals surface area contributed by atoms with E-state index < -0.39 is 15.1 Å². The van der Waals surface area contributed by atoms with Crippen LogP contribution in [0.25, 0.3) is 11.1 Å². The maximum absolute atomic E-state index is 13.9. The molecule has 260 valence electrons. The molecule has 1 amide bonds. The maximum atomic E-state index is 13.9. The van der Waals surface area contributed by atoms with E-state index in [0.29, 0.717) is 18.8 Å². The van der Waals surface area contributed by atoms with Crippen LogP contribution in [0.5, 0.6) is 17.4 Å². The first kappa shape index (κ1) is 34.8. The summed E-state index contributed by atoms with van der Waals surface area (Å²) in [6.07, 6.45) is 9.17. The average molecular weight is 694 g/mol. The van der Waals surface area contributed by atoms with Gasteiger partial charge < -0.3 is 15.2 Å². The molecule has 0 spiro atoms. The molecule has 2 heterocycles.